The van der Waals surface area contributed by atoms with Crippen LogP contribution in [0.5, 0.6) is 0 Å². The molecule has 0 bridgehead atoms. The molecule has 1 aromatic rings. The lowest BCUT2D eigenvalue weighted by molar-refractivity contribution is -0.131. The summed E-state index contributed by atoms with van der Waals surface area (Å²) in [6.45, 7) is 4.27. The van der Waals surface area contributed by atoms with Crippen LogP contribution in [-0.2, 0) is 9.53 Å². The predicted octanol–water partition coefficient (Wildman–Crippen LogP) is 3.02. The Balaban J connectivity index is 3.07. The van der Waals surface area contributed by atoms with Crippen molar-refractivity contribution in [2.75, 3.05) is 31.7 Å². The number of likely N-dealkylation sites (N-methyl/N-ethyl adjacent to an activating group) is 1. The topological polar surface area (TPSA) is 49.8 Å². The largest absolute Gasteiger partial charge is 0.478 e. The number of hydrogen-bond donors (Lipinski definition) is 1. The molecule has 0 fully saturated rings. The minimum atomic E-state index is -0.950. The summed E-state index contributed by atoms with van der Waals surface area (Å²) in [6.07, 6.45) is 2.76. The third-order valence-electron chi connectivity index (χ3n) is 2.69. The Bertz CT molecular complexity index is 460. The van der Waals surface area contributed by atoms with E-state index in [2.05, 4.69) is 27.8 Å². The van der Waals surface area contributed by atoms with E-state index in [1.807, 2.05) is 18.2 Å². The molecule has 0 atom stereocenters. The van der Waals surface area contributed by atoms with Gasteiger partial charge in [0.15, 0.2) is 0 Å². The summed E-state index contributed by atoms with van der Waals surface area (Å²) in [5.74, 6) is -0.950. The van der Waals surface area contributed by atoms with Crippen molar-refractivity contribution in [2.24, 2.45) is 0 Å². The van der Waals surface area contributed by atoms with E-state index in [1.54, 1.807) is 13.2 Å². The van der Waals surface area contributed by atoms with Crippen molar-refractivity contribution < 1.29 is 14.6 Å². The van der Waals surface area contributed by atoms with Crippen molar-refractivity contribution in [1.82, 2.24) is 0 Å². The number of rotatable bonds is 7. The Morgan fingerprint density at radius 2 is 2.26 bits per heavy atom. The van der Waals surface area contributed by atoms with Crippen LogP contribution < -0.4 is 4.90 Å². The first-order chi connectivity index (χ1) is 9.08. The van der Waals surface area contributed by atoms with Gasteiger partial charge in [-0.05, 0) is 30.7 Å². The lowest BCUT2D eigenvalue weighted by atomic mass is 10.1. The van der Waals surface area contributed by atoms with Gasteiger partial charge in [-0.15, -0.1) is 0 Å². The first kappa shape index (κ1) is 15.7. The van der Waals surface area contributed by atoms with Gasteiger partial charge in [0.1, 0.15) is 0 Å². The normalized spacial score (nSPS) is 10.9. The third kappa shape index (κ3) is 5.04. The van der Waals surface area contributed by atoms with Gasteiger partial charge in [0, 0.05) is 36.4 Å². The van der Waals surface area contributed by atoms with Crippen LogP contribution in [0.25, 0.3) is 6.08 Å². The molecule has 0 heterocycles. The molecule has 0 radical (unpaired) electrons. The maximum absolute atomic E-state index is 10.6. The minimum absolute atomic E-state index is 0.627. The second kappa shape index (κ2) is 7.96. The molecule has 0 aromatic heterocycles. The van der Waals surface area contributed by atoms with Crippen molar-refractivity contribution in [3.8, 4) is 0 Å². The third-order valence-corrected chi connectivity index (χ3v) is 3.18. The highest BCUT2D eigenvalue weighted by Gasteiger charge is 2.09. The van der Waals surface area contributed by atoms with Crippen LogP contribution in [0, 0.1) is 0 Å². The number of nitrogens with zero attached hydrogens (tertiary/aromatic N) is 1. The number of anilines is 1. The van der Waals surface area contributed by atoms with Crippen molar-refractivity contribution in [1.29, 1.82) is 0 Å². The first-order valence-electron chi connectivity index (χ1n) is 6.03. The van der Waals surface area contributed by atoms with E-state index in [0.29, 0.717) is 6.61 Å². The summed E-state index contributed by atoms with van der Waals surface area (Å²) in [7, 11) is 1.67. The maximum atomic E-state index is 10.6. The number of carboxylic acid groups (broad SMARTS) is 1. The molecule has 0 saturated carbocycles. The van der Waals surface area contributed by atoms with Crippen molar-refractivity contribution in [3.63, 3.8) is 0 Å². The van der Waals surface area contributed by atoms with Crippen molar-refractivity contribution >= 4 is 33.7 Å². The van der Waals surface area contributed by atoms with E-state index in [1.165, 1.54) is 0 Å². The molecule has 104 valence electrons. The fourth-order valence-electron chi connectivity index (χ4n) is 1.74. The molecule has 0 spiro atoms. The van der Waals surface area contributed by atoms with Crippen LogP contribution in [0.3, 0.4) is 0 Å². The van der Waals surface area contributed by atoms with Gasteiger partial charge in [-0.1, -0.05) is 22.0 Å². The minimum Gasteiger partial charge on any atom is -0.478 e. The average Bonchev–Trinajstić information content (AvgIpc) is 2.38. The highest BCUT2D eigenvalue weighted by molar-refractivity contribution is 9.10. The Morgan fingerprint density at radius 3 is 2.84 bits per heavy atom. The van der Waals surface area contributed by atoms with Crippen LogP contribution in [0.2, 0.25) is 0 Å². The number of ether oxygens (including phenoxy) is 1. The molecule has 0 aliphatic heterocycles. The quantitative estimate of drug-likeness (QED) is 0.782. The Labute approximate surface area is 121 Å². The Morgan fingerprint density at radius 1 is 1.53 bits per heavy atom. The fourth-order valence-corrected chi connectivity index (χ4v) is 2.09. The molecule has 1 rings (SSSR count). The maximum Gasteiger partial charge on any atom is 0.328 e. The molecule has 0 saturated heterocycles. The summed E-state index contributed by atoms with van der Waals surface area (Å²) < 4.78 is 6.06. The highest BCUT2D eigenvalue weighted by Crippen LogP contribution is 2.26. The van der Waals surface area contributed by atoms with Gasteiger partial charge >= 0.3 is 5.97 Å². The van der Waals surface area contributed by atoms with E-state index in [9.17, 15) is 4.79 Å². The molecule has 0 unspecified atom stereocenters. The summed E-state index contributed by atoms with van der Waals surface area (Å²) in [6, 6.07) is 5.78. The molecule has 1 N–H and O–H groups in total. The van der Waals surface area contributed by atoms with Crippen molar-refractivity contribution in [2.45, 2.75) is 6.92 Å². The smallest absolute Gasteiger partial charge is 0.328 e. The molecule has 0 amide bonds. The summed E-state index contributed by atoms with van der Waals surface area (Å²) in [5.41, 5.74) is 1.87. The highest BCUT2D eigenvalue weighted by atomic mass is 79.9. The lowest BCUT2D eigenvalue weighted by Gasteiger charge is -2.25. The van der Waals surface area contributed by atoms with Crippen LogP contribution >= 0.6 is 15.9 Å². The monoisotopic (exact) mass is 327 g/mol. The second-order valence-corrected chi connectivity index (χ2v) is 4.86. The molecule has 1 aromatic carbocycles. The molecular weight excluding hydrogens is 310 g/mol. The molecular formula is C14H18BrNO3. The number of carbonyl (C=O) groups is 1. The number of hydrogen-bond acceptors (Lipinski definition) is 3. The summed E-state index contributed by atoms with van der Waals surface area (Å²) in [5, 5.41) is 8.73. The van der Waals surface area contributed by atoms with Gasteiger partial charge in [0.25, 0.3) is 0 Å². The van der Waals surface area contributed by atoms with Crippen LogP contribution in [-0.4, -0.2) is 37.9 Å². The molecule has 0 aliphatic carbocycles. The number of benzene rings is 1. The Hall–Kier alpha value is -1.33. The summed E-state index contributed by atoms with van der Waals surface area (Å²) >= 11 is 3.44. The standard InChI is InChI=1S/C14H18BrNO3/c1-3-16(8-9-19-2)13-10-12(15)6-4-11(13)5-7-14(17)18/h4-7,10H,3,8-9H2,1-2H3,(H,17,18)/b7-5+. The number of halogens is 1. The van der Waals surface area contributed by atoms with Gasteiger partial charge in [-0.2, -0.15) is 0 Å². The van der Waals surface area contributed by atoms with Crippen LogP contribution in [0.1, 0.15) is 12.5 Å². The molecule has 5 heteroatoms. The van der Waals surface area contributed by atoms with Gasteiger partial charge in [0.05, 0.1) is 6.61 Å². The van der Waals surface area contributed by atoms with E-state index >= 15 is 0 Å². The molecule has 19 heavy (non-hydrogen) atoms. The average molecular weight is 328 g/mol. The zero-order chi connectivity index (χ0) is 14.3. The van der Waals surface area contributed by atoms with Crippen LogP contribution in [0.15, 0.2) is 28.7 Å². The fraction of sp³-hybridized carbons (Fsp3) is 0.357. The van der Waals surface area contributed by atoms with E-state index in [-0.39, 0.29) is 0 Å². The molecule has 0 aliphatic rings. The first-order valence-corrected chi connectivity index (χ1v) is 6.82. The van der Waals surface area contributed by atoms with Crippen LogP contribution in [0.4, 0.5) is 5.69 Å². The lowest BCUT2D eigenvalue weighted by Crippen LogP contribution is -2.27. The van der Waals surface area contributed by atoms with Gasteiger partial charge < -0.3 is 14.7 Å². The molecule has 4 nitrogen and oxygen atoms in total. The van der Waals surface area contributed by atoms with Crippen molar-refractivity contribution in [3.05, 3.63) is 34.3 Å². The van der Waals surface area contributed by atoms with Gasteiger partial charge in [0.2, 0.25) is 0 Å². The summed E-state index contributed by atoms with van der Waals surface area (Å²) in [4.78, 5) is 12.8. The number of methoxy groups -OCH3 is 1. The second-order valence-electron chi connectivity index (χ2n) is 3.95. The van der Waals surface area contributed by atoms with E-state index < -0.39 is 5.97 Å². The SMILES string of the molecule is CCN(CCOC)c1cc(Br)ccc1/C=C/C(=O)O. The Kier molecular flexibility index (Phi) is 6.59. The number of aliphatic carboxylic acids is 1. The predicted molar refractivity (Wildman–Crippen MR) is 80.6 cm³/mol. The zero-order valence-electron chi connectivity index (χ0n) is 11.1. The van der Waals surface area contributed by atoms with E-state index in [0.717, 1.165) is 34.9 Å². The van der Waals surface area contributed by atoms with Gasteiger partial charge in [-0.3, -0.25) is 0 Å². The number of carboxylic acids is 1. The van der Waals surface area contributed by atoms with Gasteiger partial charge in [-0.25, -0.2) is 4.79 Å². The van der Waals surface area contributed by atoms with E-state index in [4.69, 9.17) is 9.84 Å². The zero-order valence-corrected chi connectivity index (χ0v) is 12.7.